The van der Waals surface area contributed by atoms with E-state index in [4.69, 9.17) is 9.15 Å². The molecule has 0 spiro atoms. The lowest BCUT2D eigenvalue weighted by atomic mass is 10.1. The molecule has 2 rings (SSSR count). The molecule has 0 radical (unpaired) electrons. The van der Waals surface area contributed by atoms with Crippen molar-refractivity contribution in [2.75, 3.05) is 46.4 Å². The van der Waals surface area contributed by atoms with E-state index in [1.54, 1.807) is 13.4 Å². The summed E-state index contributed by atoms with van der Waals surface area (Å²) < 4.78 is 10.5. The summed E-state index contributed by atoms with van der Waals surface area (Å²) in [5.74, 6) is 1.85. The van der Waals surface area contributed by atoms with Crippen LogP contribution in [-0.2, 0) is 11.2 Å². The molecule has 1 aromatic rings. The maximum absolute atomic E-state index is 5.38. The van der Waals surface area contributed by atoms with E-state index in [-0.39, 0.29) is 0 Å². The number of hydrogen-bond acceptors (Lipinski definition) is 4. The summed E-state index contributed by atoms with van der Waals surface area (Å²) in [7, 11) is 1.76. The molecular formula is C19H32N4O2. The van der Waals surface area contributed by atoms with Crippen LogP contribution in [0.5, 0.6) is 0 Å². The molecule has 1 fully saturated rings. The molecule has 0 unspecified atom stereocenters. The van der Waals surface area contributed by atoms with Crippen molar-refractivity contribution < 1.29 is 9.15 Å². The maximum atomic E-state index is 5.38. The zero-order valence-corrected chi connectivity index (χ0v) is 15.6. The van der Waals surface area contributed by atoms with Crippen molar-refractivity contribution in [3.05, 3.63) is 36.3 Å². The van der Waals surface area contributed by atoms with Crippen LogP contribution >= 0.6 is 0 Å². The Kier molecular flexibility index (Phi) is 8.55. The van der Waals surface area contributed by atoms with Crippen molar-refractivity contribution in [1.82, 2.24) is 15.5 Å². The quantitative estimate of drug-likeness (QED) is 0.406. The first-order valence-electron chi connectivity index (χ1n) is 9.10. The SMILES string of the molecule is C=C(C)CN=C(NCCc1ccco1)NC1CCN(CCOC)CC1. The van der Waals surface area contributed by atoms with Crippen molar-refractivity contribution in [2.45, 2.75) is 32.2 Å². The molecule has 0 saturated carbocycles. The summed E-state index contributed by atoms with van der Waals surface area (Å²) >= 11 is 0. The Hall–Kier alpha value is -1.79. The molecule has 140 valence electrons. The molecule has 2 N–H and O–H groups in total. The Bertz CT molecular complexity index is 520. The van der Waals surface area contributed by atoms with Gasteiger partial charge in [0, 0.05) is 45.8 Å². The number of nitrogens with one attached hydrogen (secondary N) is 2. The number of methoxy groups -OCH3 is 1. The Labute approximate surface area is 151 Å². The molecule has 0 bridgehead atoms. The third kappa shape index (κ3) is 7.75. The summed E-state index contributed by atoms with van der Waals surface area (Å²) in [6.07, 6.45) is 4.79. The lowest BCUT2D eigenvalue weighted by Gasteiger charge is -2.33. The first kappa shape index (κ1) is 19.5. The van der Waals surface area contributed by atoms with E-state index >= 15 is 0 Å². The molecule has 1 aromatic heterocycles. The average molecular weight is 348 g/mol. The topological polar surface area (TPSA) is 62.0 Å². The van der Waals surface area contributed by atoms with Crippen molar-refractivity contribution in [1.29, 1.82) is 0 Å². The second-order valence-electron chi connectivity index (χ2n) is 6.63. The van der Waals surface area contributed by atoms with Crippen LogP contribution in [-0.4, -0.2) is 63.3 Å². The van der Waals surface area contributed by atoms with Crippen LogP contribution in [0.25, 0.3) is 0 Å². The van der Waals surface area contributed by atoms with Crippen LogP contribution < -0.4 is 10.6 Å². The van der Waals surface area contributed by atoms with Gasteiger partial charge in [-0.3, -0.25) is 0 Å². The highest BCUT2D eigenvalue weighted by Crippen LogP contribution is 2.10. The van der Waals surface area contributed by atoms with Gasteiger partial charge in [0.1, 0.15) is 5.76 Å². The second kappa shape index (κ2) is 10.9. The molecule has 1 aliphatic rings. The molecular weight excluding hydrogens is 316 g/mol. The zero-order valence-electron chi connectivity index (χ0n) is 15.6. The Morgan fingerprint density at radius 1 is 1.44 bits per heavy atom. The predicted octanol–water partition coefficient (Wildman–Crippen LogP) is 2.04. The van der Waals surface area contributed by atoms with Crippen molar-refractivity contribution >= 4 is 5.96 Å². The fourth-order valence-corrected chi connectivity index (χ4v) is 2.84. The Morgan fingerprint density at radius 2 is 2.24 bits per heavy atom. The minimum Gasteiger partial charge on any atom is -0.469 e. The highest BCUT2D eigenvalue weighted by molar-refractivity contribution is 5.80. The average Bonchev–Trinajstić information content (AvgIpc) is 3.12. The van der Waals surface area contributed by atoms with Crippen molar-refractivity contribution in [3.63, 3.8) is 0 Å². The van der Waals surface area contributed by atoms with Gasteiger partial charge in [-0.05, 0) is 31.9 Å². The van der Waals surface area contributed by atoms with Gasteiger partial charge >= 0.3 is 0 Å². The van der Waals surface area contributed by atoms with E-state index in [2.05, 4.69) is 27.1 Å². The fraction of sp³-hybridized carbons (Fsp3) is 0.632. The van der Waals surface area contributed by atoms with Gasteiger partial charge in [-0.1, -0.05) is 12.2 Å². The van der Waals surface area contributed by atoms with Crippen LogP contribution in [0.3, 0.4) is 0 Å². The first-order chi connectivity index (χ1) is 12.2. The summed E-state index contributed by atoms with van der Waals surface area (Å²) in [6.45, 7) is 11.4. The number of rotatable bonds is 9. The van der Waals surface area contributed by atoms with Gasteiger partial charge in [0.25, 0.3) is 0 Å². The third-order valence-electron chi connectivity index (χ3n) is 4.29. The van der Waals surface area contributed by atoms with Gasteiger partial charge < -0.3 is 24.7 Å². The predicted molar refractivity (Wildman–Crippen MR) is 102 cm³/mol. The minimum atomic E-state index is 0.457. The van der Waals surface area contributed by atoms with E-state index in [1.807, 2.05) is 19.1 Å². The number of furan rings is 1. The van der Waals surface area contributed by atoms with Crippen LogP contribution in [0.1, 0.15) is 25.5 Å². The van der Waals surface area contributed by atoms with Gasteiger partial charge in [-0.25, -0.2) is 4.99 Å². The van der Waals surface area contributed by atoms with Crippen molar-refractivity contribution in [3.8, 4) is 0 Å². The van der Waals surface area contributed by atoms with Gasteiger partial charge in [0.15, 0.2) is 5.96 Å². The van der Waals surface area contributed by atoms with Crippen LogP contribution in [0.4, 0.5) is 0 Å². The summed E-state index contributed by atoms with van der Waals surface area (Å²) in [6, 6.07) is 4.37. The molecule has 1 aliphatic heterocycles. The zero-order chi connectivity index (χ0) is 17.9. The molecule has 6 nitrogen and oxygen atoms in total. The number of piperidine rings is 1. The highest BCUT2D eigenvalue weighted by Gasteiger charge is 2.19. The Morgan fingerprint density at radius 3 is 2.88 bits per heavy atom. The molecule has 1 saturated heterocycles. The van der Waals surface area contributed by atoms with Gasteiger partial charge in [0.2, 0.25) is 0 Å². The van der Waals surface area contributed by atoms with E-state index in [9.17, 15) is 0 Å². The molecule has 6 heteroatoms. The van der Waals surface area contributed by atoms with Crippen LogP contribution in [0, 0.1) is 0 Å². The summed E-state index contributed by atoms with van der Waals surface area (Å²) in [5.41, 5.74) is 1.06. The van der Waals surface area contributed by atoms with Crippen LogP contribution in [0.15, 0.2) is 40.0 Å². The smallest absolute Gasteiger partial charge is 0.191 e. The molecule has 0 aromatic carbocycles. The molecule has 2 heterocycles. The fourth-order valence-electron chi connectivity index (χ4n) is 2.84. The lowest BCUT2D eigenvalue weighted by molar-refractivity contribution is 0.128. The second-order valence-corrected chi connectivity index (χ2v) is 6.63. The number of likely N-dealkylation sites (tertiary alicyclic amines) is 1. The standard InChI is InChI=1S/C19H32N4O2/c1-16(2)15-21-19(20-9-6-18-5-4-13-25-18)22-17-7-10-23(11-8-17)12-14-24-3/h4-5,13,17H,1,6-12,14-15H2,2-3H3,(H2,20,21,22). The molecule has 0 amide bonds. The minimum absolute atomic E-state index is 0.457. The lowest BCUT2D eigenvalue weighted by Crippen LogP contribution is -2.49. The van der Waals surface area contributed by atoms with Crippen LogP contribution in [0.2, 0.25) is 0 Å². The molecule has 25 heavy (non-hydrogen) atoms. The normalized spacial score (nSPS) is 16.8. The van der Waals surface area contributed by atoms with E-state index < -0.39 is 0 Å². The maximum Gasteiger partial charge on any atom is 0.191 e. The summed E-state index contributed by atoms with van der Waals surface area (Å²) in [4.78, 5) is 7.09. The molecule has 0 atom stereocenters. The number of guanidine groups is 1. The first-order valence-corrected chi connectivity index (χ1v) is 9.10. The van der Waals surface area contributed by atoms with E-state index in [0.717, 1.165) is 69.3 Å². The number of hydrogen-bond donors (Lipinski definition) is 2. The monoisotopic (exact) mass is 348 g/mol. The van der Waals surface area contributed by atoms with Crippen molar-refractivity contribution in [2.24, 2.45) is 4.99 Å². The van der Waals surface area contributed by atoms with Gasteiger partial charge in [0.05, 0.1) is 19.4 Å². The molecule has 0 aliphatic carbocycles. The Balaban J connectivity index is 1.77. The van der Waals surface area contributed by atoms with E-state index in [1.165, 1.54) is 0 Å². The largest absolute Gasteiger partial charge is 0.469 e. The number of aliphatic imine (C=N–C) groups is 1. The third-order valence-corrected chi connectivity index (χ3v) is 4.29. The van der Waals surface area contributed by atoms with E-state index in [0.29, 0.717) is 12.6 Å². The van der Waals surface area contributed by atoms with Gasteiger partial charge in [-0.15, -0.1) is 0 Å². The highest BCUT2D eigenvalue weighted by atomic mass is 16.5. The summed E-state index contributed by atoms with van der Waals surface area (Å²) in [5, 5.41) is 6.99. The van der Waals surface area contributed by atoms with Gasteiger partial charge in [-0.2, -0.15) is 0 Å². The number of nitrogens with zero attached hydrogens (tertiary/aromatic N) is 2. The number of ether oxygens (including phenoxy) is 1.